The van der Waals surface area contributed by atoms with Gasteiger partial charge in [0.25, 0.3) is 5.91 Å². The van der Waals surface area contributed by atoms with Gasteiger partial charge in [-0.05, 0) is 24.3 Å². The summed E-state index contributed by atoms with van der Waals surface area (Å²) in [5.41, 5.74) is 5.61. The van der Waals surface area contributed by atoms with Crippen molar-refractivity contribution in [1.82, 2.24) is 0 Å². The third-order valence-corrected chi connectivity index (χ3v) is 4.76. The number of thioether (sulfide) groups is 1. The van der Waals surface area contributed by atoms with Gasteiger partial charge >= 0.3 is 5.97 Å². The zero-order chi connectivity index (χ0) is 19.1. The van der Waals surface area contributed by atoms with E-state index in [4.69, 9.17) is 33.7 Å². The number of halogens is 2. The molecule has 0 aliphatic carbocycles. The second-order valence-electron chi connectivity index (χ2n) is 4.97. The second-order valence-corrected chi connectivity index (χ2v) is 6.80. The Labute approximate surface area is 164 Å². The molecule has 0 saturated heterocycles. The van der Waals surface area contributed by atoms with Crippen molar-refractivity contribution in [3.63, 3.8) is 0 Å². The van der Waals surface area contributed by atoms with E-state index >= 15 is 0 Å². The number of nitrogens with two attached hydrogens (primary N) is 1. The highest BCUT2D eigenvalue weighted by Gasteiger charge is 2.17. The topological polar surface area (TPSA) is 98.5 Å². The third-order valence-electron chi connectivity index (χ3n) is 3.03. The monoisotopic (exact) mass is 412 g/mol. The Bertz CT molecular complexity index is 825. The molecule has 2 rings (SSSR count). The Morgan fingerprint density at radius 1 is 1.04 bits per heavy atom. The average molecular weight is 413 g/mol. The van der Waals surface area contributed by atoms with Crippen LogP contribution in [0.4, 0.5) is 5.69 Å². The van der Waals surface area contributed by atoms with Crippen LogP contribution in [0, 0.1) is 0 Å². The van der Waals surface area contributed by atoms with Gasteiger partial charge in [0.05, 0.1) is 27.0 Å². The first kappa shape index (κ1) is 20.1. The molecular formula is C17H14Cl2N2O4S. The van der Waals surface area contributed by atoms with E-state index in [0.717, 1.165) is 0 Å². The molecule has 136 valence electrons. The number of benzene rings is 2. The third kappa shape index (κ3) is 5.66. The molecule has 6 nitrogen and oxygen atoms in total. The maximum absolute atomic E-state index is 12.1. The predicted molar refractivity (Wildman–Crippen MR) is 102 cm³/mol. The summed E-state index contributed by atoms with van der Waals surface area (Å²) in [5, 5.41) is 2.89. The number of para-hydroxylation sites is 1. The van der Waals surface area contributed by atoms with E-state index in [-0.39, 0.29) is 21.4 Å². The fourth-order valence-electron chi connectivity index (χ4n) is 1.93. The number of ether oxygens (including phenoxy) is 1. The minimum atomic E-state index is -0.799. The van der Waals surface area contributed by atoms with Crippen molar-refractivity contribution < 1.29 is 19.1 Å². The molecule has 0 aliphatic heterocycles. The van der Waals surface area contributed by atoms with Crippen molar-refractivity contribution in [2.45, 2.75) is 4.90 Å². The predicted octanol–water partition coefficient (Wildman–Crippen LogP) is 3.37. The van der Waals surface area contributed by atoms with Crippen LogP contribution in [0.25, 0.3) is 0 Å². The van der Waals surface area contributed by atoms with Crippen molar-refractivity contribution in [2.75, 3.05) is 17.7 Å². The van der Waals surface area contributed by atoms with Crippen molar-refractivity contribution in [1.29, 1.82) is 0 Å². The second kappa shape index (κ2) is 9.47. The summed E-state index contributed by atoms with van der Waals surface area (Å²) in [4.78, 5) is 35.7. The quantitative estimate of drug-likeness (QED) is 0.536. The standard InChI is InChI=1S/C17H14Cl2N2O4S/c18-10-4-3-5-11(19)16(10)17(24)25-8-15(23)21-12-6-1-2-7-13(12)26-9-14(20)22/h1-7H,8-9H2,(H2,20,22)(H,21,23). The van der Waals surface area contributed by atoms with E-state index in [0.29, 0.717) is 10.6 Å². The van der Waals surface area contributed by atoms with Crippen LogP contribution in [0.2, 0.25) is 10.0 Å². The van der Waals surface area contributed by atoms with Crippen molar-refractivity contribution in [3.8, 4) is 0 Å². The fourth-order valence-corrected chi connectivity index (χ4v) is 3.23. The number of hydrogen-bond acceptors (Lipinski definition) is 5. The van der Waals surface area contributed by atoms with E-state index in [9.17, 15) is 14.4 Å². The molecule has 2 aromatic rings. The first-order valence-electron chi connectivity index (χ1n) is 7.29. The summed E-state index contributed by atoms with van der Waals surface area (Å²) in [7, 11) is 0. The van der Waals surface area contributed by atoms with Gasteiger partial charge in [-0.1, -0.05) is 41.4 Å². The first-order valence-corrected chi connectivity index (χ1v) is 9.03. The Morgan fingerprint density at radius 2 is 1.69 bits per heavy atom. The number of anilines is 1. The summed E-state index contributed by atoms with van der Waals surface area (Å²) in [6, 6.07) is 11.5. The highest BCUT2D eigenvalue weighted by Crippen LogP contribution is 2.27. The normalized spacial score (nSPS) is 10.2. The zero-order valence-corrected chi connectivity index (χ0v) is 15.7. The molecular weight excluding hydrogens is 399 g/mol. The van der Waals surface area contributed by atoms with Gasteiger partial charge in [0, 0.05) is 4.90 Å². The Balaban J connectivity index is 1.97. The molecule has 0 heterocycles. The van der Waals surface area contributed by atoms with E-state index in [2.05, 4.69) is 5.32 Å². The summed E-state index contributed by atoms with van der Waals surface area (Å²) in [5.74, 6) is -1.74. The lowest BCUT2D eigenvalue weighted by molar-refractivity contribution is -0.119. The number of amides is 2. The summed E-state index contributed by atoms with van der Waals surface area (Å²) in [6.45, 7) is -0.519. The minimum absolute atomic E-state index is 0.000970. The maximum Gasteiger partial charge on any atom is 0.341 e. The first-order chi connectivity index (χ1) is 12.4. The van der Waals surface area contributed by atoms with E-state index in [1.165, 1.54) is 23.9 Å². The molecule has 2 aromatic carbocycles. The zero-order valence-electron chi connectivity index (χ0n) is 13.3. The maximum atomic E-state index is 12.1. The highest BCUT2D eigenvalue weighted by molar-refractivity contribution is 8.00. The molecule has 0 atom stereocenters. The summed E-state index contributed by atoms with van der Waals surface area (Å²) < 4.78 is 4.96. The number of carbonyl (C=O) groups excluding carboxylic acids is 3. The molecule has 0 aliphatic rings. The van der Waals surface area contributed by atoms with E-state index < -0.39 is 24.4 Å². The van der Waals surface area contributed by atoms with Crippen molar-refractivity contribution >= 4 is 58.4 Å². The van der Waals surface area contributed by atoms with Gasteiger partial charge in [-0.15, -0.1) is 11.8 Å². The van der Waals surface area contributed by atoms with E-state index in [1.54, 1.807) is 30.3 Å². The van der Waals surface area contributed by atoms with E-state index in [1.807, 2.05) is 0 Å². The molecule has 0 radical (unpaired) electrons. The Kier molecular flexibility index (Phi) is 7.32. The molecule has 0 saturated carbocycles. The SMILES string of the molecule is NC(=O)CSc1ccccc1NC(=O)COC(=O)c1c(Cl)cccc1Cl. The van der Waals surface area contributed by atoms with Crippen molar-refractivity contribution in [2.24, 2.45) is 5.73 Å². The molecule has 0 spiro atoms. The number of primary amides is 1. The number of nitrogens with one attached hydrogen (secondary N) is 1. The molecule has 0 fully saturated rings. The lowest BCUT2D eigenvalue weighted by Gasteiger charge is -2.11. The van der Waals surface area contributed by atoms with Gasteiger partial charge in [0.15, 0.2) is 6.61 Å². The summed E-state index contributed by atoms with van der Waals surface area (Å²) in [6.07, 6.45) is 0. The van der Waals surface area contributed by atoms with Gasteiger partial charge in [-0.25, -0.2) is 4.79 Å². The van der Waals surface area contributed by atoms with Crippen LogP contribution in [-0.2, 0) is 14.3 Å². The molecule has 3 N–H and O–H groups in total. The molecule has 2 amide bonds. The van der Waals surface area contributed by atoms with Gasteiger partial charge in [-0.3, -0.25) is 9.59 Å². The van der Waals surface area contributed by atoms with Gasteiger partial charge in [0.1, 0.15) is 0 Å². The largest absolute Gasteiger partial charge is 0.452 e. The minimum Gasteiger partial charge on any atom is -0.452 e. The Morgan fingerprint density at radius 3 is 2.35 bits per heavy atom. The van der Waals surface area contributed by atoms with Gasteiger partial charge < -0.3 is 15.8 Å². The number of hydrogen-bond donors (Lipinski definition) is 2. The molecule has 0 unspecified atom stereocenters. The van der Waals surface area contributed by atoms with Crippen LogP contribution in [0.5, 0.6) is 0 Å². The molecule has 0 bridgehead atoms. The molecule has 9 heteroatoms. The number of rotatable bonds is 7. The lowest BCUT2D eigenvalue weighted by atomic mass is 10.2. The van der Waals surface area contributed by atoms with Crippen LogP contribution < -0.4 is 11.1 Å². The lowest BCUT2D eigenvalue weighted by Crippen LogP contribution is -2.21. The van der Waals surface area contributed by atoms with Crippen LogP contribution in [0.1, 0.15) is 10.4 Å². The Hall–Kier alpha value is -2.22. The van der Waals surface area contributed by atoms with Crippen LogP contribution in [0.15, 0.2) is 47.4 Å². The molecule has 26 heavy (non-hydrogen) atoms. The van der Waals surface area contributed by atoms with Gasteiger partial charge in [-0.2, -0.15) is 0 Å². The molecule has 0 aromatic heterocycles. The number of carbonyl (C=O) groups is 3. The summed E-state index contributed by atoms with van der Waals surface area (Å²) >= 11 is 13.0. The average Bonchev–Trinajstić information content (AvgIpc) is 2.59. The van der Waals surface area contributed by atoms with Crippen LogP contribution in [-0.4, -0.2) is 30.1 Å². The van der Waals surface area contributed by atoms with Gasteiger partial charge in [0.2, 0.25) is 5.91 Å². The number of esters is 1. The smallest absolute Gasteiger partial charge is 0.341 e. The van der Waals surface area contributed by atoms with Crippen LogP contribution in [0.3, 0.4) is 0 Å². The van der Waals surface area contributed by atoms with Crippen LogP contribution >= 0.6 is 35.0 Å². The van der Waals surface area contributed by atoms with Crippen molar-refractivity contribution in [3.05, 3.63) is 58.1 Å². The highest BCUT2D eigenvalue weighted by atomic mass is 35.5. The fraction of sp³-hybridized carbons (Fsp3) is 0.118.